The number of carboxylic acids is 1. The van der Waals surface area contributed by atoms with Gasteiger partial charge in [-0.25, -0.2) is 0 Å². The molecule has 2 unspecified atom stereocenters. The van der Waals surface area contributed by atoms with E-state index in [1.807, 2.05) is 0 Å². The molecule has 0 spiro atoms. The van der Waals surface area contributed by atoms with Crippen molar-refractivity contribution in [3.8, 4) is 0 Å². The van der Waals surface area contributed by atoms with E-state index in [1.165, 1.54) is 0 Å². The minimum Gasteiger partial charge on any atom is -0.480 e. The summed E-state index contributed by atoms with van der Waals surface area (Å²) in [4.78, 5) is 22.0. The lowest BCUT2D eigenvalue weighted by molar-refractivity contribution is -0.149. The minimum atomic E-state index is -0.885. The molecular weight excluding hydrogens is 210 g/mol. The van der Waals surface area contributed by atoms with Crippen LogP contribution in [0, 0.1) is 0 Å². The topological polar surface area (TPSA) is 75.6 Å². The normalized spacial score (nSPS) is 24.3. The molecule has 2 atom stereocenters. The number of carboxylic acid groups (broad SMARTS) is 1. The zero-order valence-corrected chi connectivity index (χ0v) is 9.57. The highest BCUT2D eigenvalue weighted by atomic mass is 16.5. The molecule has 1 fully saturated rings. The molecule has 0 bridgehead atoms. The fraction of sp³-hybridized carbons (Fsp3) is 0.818. The SMILES string of the molecule is CCCCCC(=O)OC1CNC(C(=O)O)C1. The Balaban J connectivity index is 2.18. The van der Waals surface area contributed by atoms with Crippen LogP contribution in [-0.2, 0) is 14.3 Å². The predicted octanol–water partition coefficient (Wildman–Crippen LogP) is 0.925. The van der Waals surface area contributed by atoms with Crippen molar-refractivity contribution < 1.29 is 19.4 Å². The molecule has 1 rings (SSSR count). The molecular formula is C11H19NO4. The van der Waals surface area contributed by atoms with Gasteiger partial charge in [-0.1, -0.05) is 19.8 Å². The summed E-state index contributed by atoms with van der Waals surface area (Å²) in [6.07, 6.45) is 3.46. The number of carbonyl (C=O) groups excluding carboxylic acids is 1. The Kier molecular flexibility index (Phi) is 5.25. The highest BCUT2D eigenvalue weighted by molar-refractivity contribution is 5.74. The summed E-state index contributed by atoms with van der Waals surface area (Å²) >= 11 is 0. The zero-order valence-electron chi connectivity index (χ0n) is 9.57. The highest BCUT2D eigenvalue weighted by Crippen LogP contribution is 2.12. The molecule has 92 valence electrons. The molecule has 0 aromatic rings. The summed E-state index contributed by atoms with van der Waals surface area (Å²) in [5.74, 6) is -1.10. The average Bonchev–Trinajstić information content (AvgIpc) is 2.66. The molecule has 1 heterocycles. The van der Waals surface area contributed by atoms with E-state index < -0.39 is 12.0 Å². The third-order valence-electron chi connectivity index (χ3n) is 2.67. The molecule has 0 amide bonds. The smallest absolute Gasteiger partial charge is 0.320 e. The number of rotatable bonds is 6. The Hall–Kier alpha value is -1.10. The van der Waals surface area contributed by atoms with Crippen molar-refractivity contribution in [2.24, 2.45) is 0 Å². The molecule has 1 aliphatic rings. The van der Waals surface area contributed by atoms with Gasteiger partial charge in [-0.3, -0.25) is 9.59 Å². The van der Waals surface area contributed by atoms with Gasteiger partial charge in [0.05, 0.1) is 0 Å². The molecule has 16 heavy (non-hydrogen) atoms. The molecule has 5 heteroatoms. The lowest BCUT2D eigenvalue weighted by Crippen LogP contribution is -2.30. The number of hydrogen-bond donors (Lipinski definition) is 2. The van der Waals surface area contributed by atoms with Gasteiger partial charge in [0.15, 0.2) is 0 Å². The van der Waals surface area contributed by atoms with Gasteiger partial charge >= 0.3 is 11.9 Å². The number of unbranched alkanes of at least 4 members (excludes halogenated alkanes) is 2. The maximum Gasteiger partial charge on any atom is 0.320 e. The van der Waals surface area contributed by atoms with E-state index in [0.29, 0.717) is 19.4 Å². The average molecular weight is 229 g/mol. The van der Waals surface area contributed by atoms with Gasteiger partial charge in [0.25, 0.3) is 0 Å². The fourth-order valence-electron chi connectivity index (χ4n) is 1.75. The van der Waals surface area contributed by atoms with Crippen LogP contribution in [0.1, 0.15) is 39.0 Å². The molecule has 5 nitrogen and oxygen atoms in total. The van der Waals surface area contributed by atoms with Crippen LogP contribution in [0.3, 0.4) is 0 Å². The Morgan fingerprint density at radius 2 is 2.19 bits per heavy atom. The van der Waals surface area contributed by atoms with E-state index in [4.69, 9.17) is 9.84 Å². The fourth-order valence-corrected chi connectivity index (χ4v) is 1.75. The van der Waals surface area contributed by atoms with Crippen LogP contribution < -0.4 is 5.32 Å². The number of ether oxygens (including phenoxy) is 1. The lowest BCUT2D eigenvalue weighted by atomic mass is 10.2. The Labute approximate surface area is 95.2 Å². The third kappa shape index (κ3) is 4.18. The summed E-state index contributed by atoms with van der Waals surface area (Å²) in [5, 5.41) is 11.5. The van der Waals surface area contributed by atoms with Crippen molar-refractivity contribution in [2.45, 2.75) is 51.2 Å². The van der Waals surface area contributed by atoms with E-state index in [9.17, 15) is 9.59 Å². The van der Waals surface area contributed by atoms with Crippen LogP contribution in [0.25, 0.3) is 0 Å². The number of carbonyl (C=O) groups is 2. The summed E-state index contributed by atoms with van der Waals surface area (Å²) < 4.78 is 5.17. The molecule has 0 aliphatic carbocycles. The van der Waals surface area contributed by atoms with E-state index in [-0.39, 0.29) is 12.1 Å². The van der Waals surface area contributed by atoms with E-state index in [2.05, 4.69) is 12.2 Å². The first-order valence-electron chi connectivity index (χ1n) is 5.79. The second-order valence-electron chi connectivity index (χ2n) is 4.10. The minimum absolute atomic E-state index is 0.216. The van der Waals surface area contributed by atoms with E-state index >= 15 is 0 Å². The Morgan fingerprint density at radius 3 is 2.75 bits per heavy atom. The van der Waals surface area contributed by atoms with Crippen molar-refractivity contribution in [1.82, 2.24) is 5.32 Å². The van der Waals surface area contributed by atoms with Gasteiger partial charge in [0.2, 0.25) is 0 Å². The van der Waals surface area contributed by atoms with Crippen molar-refractivity contribution in [1.29, 1.82) is 0 Å². The number of nitrogens with one attached hydrogen (secondary N) is 1. The maximum atomic E-state index is 11.4. The second kappa shape index (κ2) is 6.48. The molecule has 0 aromatic carbocycles. The third-order valence-corrected chi connectivity index (χ3v) is 2.67. The first-order chi connectivity index (χ1) is 7.63. The van der Waals surface area contributed by atoms with Crippen molar-refractivity contribution in [3.63, 3.8) is 0 Å². The molecule has 0 aromatic heterocycles. The van der Waals surface area contributed by atoms with Crippen LogP contribution >= 0.6 is 0 Å². The summed E-state index contributed by atoms with van der Waals surface area (Å²) in [6, 6.07) is -0.576. The first kappa shape index (κ1) is 13.0. The molecule has 1 aliphatic heterocycles. The van der Waals surface area contributed by atoms with Gasteiger partial charge in [0, 0.05) is 19.4 Å². The van der Waals surface area contributed by atoms with Crippen LogP contribution in [0.4, 0.5) is 0 Å². The first-order valence-corrected chi connectivity index (χ1v) is 5.79. The van der Waals surface area contributed by atoms with Gasteiger partial charge in [-0.2, -0.15) is 0 Å². The van der Waals surface area contributed by atoms with Gasteiger partial charge in [-0.05, 0) is 6.42 Å². The van der Waals surface area contributed by atoms with Gasteiger partial charge < -0.3 is 15.2 Å². The molecule has 2 N–H and O–H groups in total. The lowest BCUT2D eigenvalue weighted by Gasteiger charge is -2.10. The predicted molar refractivity (Wildman–Crippen MR) is 58.1 cm³/mol. The van der Waals surface area contributed by atoms with Crippen LogP contribution in [-0.4, -0.2) is 35.7 Å². The van der Waals surface area contributed by atoms with Crippen LogP contribution in [0.15, 0.2) is 0 Å². The molecule has 0 saturated carbocycles. The van der Waals surface area contributed by atoms with Crippen molar-refractivity contribution in [3.05, 3.63) is 0 Å². The van der Waals surface area contributed by atoms with Gasteiger partial charge in [-0.15, -0.1) is 0 Å². The summed E-state index contributed by atoms with van der Waals surface area (Å²) in [6.45, 7) is 2.51. The van der Waals surface area contributed by atoms with Crippen LogP contribution in [0.2, 0.25) is 0 Å². The monoisotopic (exact) mass is 229 g/mol. The van der Waals surface area contributed by atoms with Crippen molar-refractivity contribution in [2.75, 3.05) is 6.54 Å². The maximum absolute atomic E-state index is 11.4. The quantitative estimate of drug-likeness (QED) is 0.523. The summed E-state index contributed by atoms with van der Waals surface area (Å²) in [7, 11) is 0. The Bertz CT molecular complexity index is 254. The van der Waals surface area contributed by atoms with E-state index in [1.54, 1.807) is 0 Å². The van der Waals surface area contributed by atoms with E-state index in [0.717, 1.165) is 19.3 Å². The number of esters is 1. The highest BCUT2D eigenvalue weighted by Gasteiger charge is 2.31. The number of aliphatic carboxylic acids is 1. The Morgan fingerprint density at radius 1 is 1.44 bits per heavy atom. The van der Waals surface area contributed by atoms with Crippen molar-refractivity contribution >= 4 is 11.9 Å². The standard InChI is InChI=1S/C11H19NO4/c1-2-3-4-5-10(13)16-8-6-9(11(14)15)12-7-8/h8-9,12H,2-7H2,1H3,(H,14,15). The molecule has 1 saturated heterocycles. The zero-order chi connectivity index (χ0) is 12.0. The largest absolute Gasteiger partial charge is 0.480 e. The van der Waals surface area contributed by atoms with Crippen LogP contribution in [0.5, 0.6) is 0 Å². The second-order valence-corrected chi connectivity index (χ2v) is 4.10. The summed E-state index contributed by atoms with van der Waals surface area (Å²) in [5.41, 5.74) is 0. The molecule has 0 radical (unpaired) electrons. The number of hydrogen-bond acceptors (Lipinski definition) is 4. The van der Waals surface area contributed by atoms with Gasteiger partial charge in [0.1, 0.15) is 12.1 Å².